The average molecular weight is 360 g/mol. The monoisotopic (exact) mass is 359 g/mol. The highest BCUT2D eigenvalue weighted by atomic mass is 35.5. The number of hydrogen-bond donors (Lipinski definition) is 2. The van der Waals surface area contributed by atoms with E-state index in [0.29, 0.717) is 11.6 Å². The van der Waals surface area contributed by atoms with E-state index in [1.807, 2.05) is 40.9 Å². The molecule has 0 saturated carbocycles. The molecule has 7 heteroatoms. The molecule has 0 radical (unpaired) electrons. The average Bonchev–Trinajstić information content (AvgIpc) is 3.00. The summed E-state index contributed by atoms with van der Waals surface area (Å²) in [5.74, 6) is -0.134. The van der Waals surface area contributed by atoms with Gasteiger partial charge in [0.15, 0.2) is 0 Å². The van der Waals surface area contributed by atoms with Gasteiger partial charge in [-0.15, -0.1) is 0 Å². The molecule has 0 saturated heterocycles. The molecular weight excluding hydrogens is 342 g/mol. The van der Waals surface area contributed by atoms with Gasteiger partial charge in [-0.3, -0.25) is 4.79 Å². The summed E-state index contributed by atoms with van der Waals surface area (Å²) >= 11 is 5.98. The van der Waals surface area contributed by atoms with E-state index in [1.165, 1.54) is 0 Å². The van der Waals surface area contributed by atoms with Crippen LogP contribution in [0.5, 0.6) is 5.75 Å². The van der Waals surface area contributed by atoms with Crippen LogP contribution in [0.25, 0.3) is 5.65 Å². The second-order valence-electron chi connectivity index (χ2n) is 5.65. The van der Waals surface area contributed by atoms with Crippen molar-refractivity contribution < 1.29 is 14.6 Å². The number of imidazole rings is 1. The number of aliphatic carboxylic acids is 1. The number of carboxylic acids is 1. The molecule has 2 aromatic heterocycles. The van der Waals surface area contributed by atoms with Crippen molar-refractivity contribution in [2.75, 3.05) is 7.11 Å². The summed E-state index contributed by atoms with van der Waals surface area (Å²) < 4.78 is 6.99. The zero-order valence-electron chi connectivity index (χ0n) is 13.6. The van der Waals surface area contributed by atoms with Crippen molar-refractivity contribution in [3.63, 3.8) is 0 Å². The van der Waals surface area contributed by atoms with Crippen LogP contribution in [0, 0.1) is 0 Å². The van der Waals surface area contributed by atoms with Crippen LogP contribution in [0.1, 0.15) is 23.7 Å². The van der Waals surface area contributed by atoms with Crippen LogP contribution in [0.15, 0.2) is 48.8 Å². The van der Waals surface area contributed by atoms with Gasteiger partial charge in [0.2, 0.25) is 0 Å². The first-order valence-electron chi connectivity index (χ1n) is 7.77. The predicted octanol–water partition coefficient (Wildman–Crippen LogP) is 3.30. The van der Waals surface area contributed by atoms with Crippen molar-refractivity contribution in [2.45, 2.75) is 19.0 Å². The second kappa shape index (κ2) is 7.55. The Morgan fingerprint density at radius 1 is 1.28 bits per heavy atom. The fraction of sp³-hybridized carbons (Fsp3) is 0.222. The third kappa shape index (κ3) is 4.29. The summed E-state index contributed by atoms with van der Waals surface area (Å²) in [6.07, 6.45) is 3.64. The fourth-order valence-electron chi connectivity index (χ4n) is 2.65. The Hall–Kier alpha value is -2.57. The third-order valence-electron chi connectivity index (χ3n) is 3.89. The Morgan fingerprint density at radius 2 is 2.04 bits per heavy atom. The first kappa shape index (κ1) is 17.3. The van der Waals surface area contributed by atoms with Gasteiger partial charge in [0.25, 0.3) is 0 Å². The summed E-state index contributed by atoms with van der Waals surface area (Å²) in [5, 5.41) is 13.1. The number of halogens is 1. The van der Waals surface area contributed by atoms with E-state index >= 15 is 0 Å². The van der Waals surface area contributed by atoms with Gasteiger partial charge in [-0.05, 0) is 29.8 Å². The summed E-state index contributed by atoms with van der Waals surface area (Å²) in [5.41, 5.74) is 2.49. The molecule has 0 spiro atoms. The summed E-state index contributed by atoms with van der Waals surface area (Å²) in [6, 6.07) is 10.7. The van der Waals surface area contributed by atoms with Gasteiger partial charge in [0.05, 0.1) is 24.2 Å². The van der Waals surface area contributed by atoms with Crippen LogP contribution < -0.4 is 10.1 Å². The van der Waals surface area contributed by atoms with Gasteiger partial charge in [-0.1, -0.05) is 23.7 Å². The van der Waals surface area contributed by atoms with E-state index in [-0.39, 0.29) is 12.5 Å². The topological polar surface area (TPSA) is 75.9 Å². The largest absolute Gasteiger partial charge is 0.497 e. The smallest absolute Gasteiger partial charge is 0.305 e. The molecule has 0 fully saturated rings. The number of pyridine rings is 1. The van der Waals surface area contributed by atoms with E-state index in [1.54, 1.807) is 19.4 Å². The van der Waals surface area contributed by atoms with Gasteiger partial charge in [-0.25, -0.2) is 4.98 Å². The molecule has 0 bridgehead atoms. The number of rotatable bonds is 7. The maximum Gasteiger partial charge on any atom is 0.305 e. The number of nitrogens with one attached hydrogen (secondary N) is 1. The lowest BCUT2D eigenvalue weighted by atomic mass is 10.0. The van der Waals surface area contributed by atoms with E-state index in [0.717, 1.165) is 22.7 Å². The molecule has 0 amide bonds. The van der Waals surface area contributed by atoms with E-state index in [4.69, 9.17) is 16.3 Å². The SMILES string of the molecule is COc1ccc(C(CC(=O)O)NCc2cn3cc(Cl)ccc3n2)cc1. The first-order valence-corrected chi connectivity index (χ1v) is 8.15. The van der Waals surface area contributed by atoms with Crippen LogP contribution in [-0.4, -0.2) is 27.6 Å². The van der Waals surface area contributed by atoms with Gasteiger partial charge in [-0.2, -0.15) is 0 Å². The zero-order valence-corrected chi connectivity index (χ0v) is 14.4. The summed E-state index contributed by atoms with van der Waals surface area (Å²) in [4.78, 5) is 15.7. The second-order valence-corrected chi connectivity index (χ2v) is 6.09. The van der Waals surface area contributed by atoms with Crippen LogP contribution in [0.3, 0.4) is 0 Å². The highest BCUT2D eigenvalue weighted by Gasteiger charge is 2.16. The minimum absolute atomic E-state index is 0.0223. The van der Waals surface area contributed by atoms with Crippen molar-refractivity contribution in [2.24, 2.45) is 0 Å². The van der Waals surface area contributed by atoms with Gasteiger partial charge in [0.1, 0.15) is 11.4 Å². The lowest BCUT2D eigenvalue weighted by molar-refractivity contribution is -0.137. The normalized spacial score (nSPS) is 12.2. The van der Waals surface area contributed by atoms with Crippen LogP contribution in [0.4, 0.5) is 0 Å². The number of carboxylic acid groups (broad SMARTS) is 1. The standard InChI is InChI=1S/C18H18ClN3O3/c1-25-15-5-2-12(3-6-15)16(8-18(23)24)20-9-14-11-22-10-13(19)4-7-17(22)21-14/h2-7,10-11,16,20H,8-9H2,1H3,(H,23,24). The molecule has 2 heterocycles. The molecule has 2 N–H and O–H groups in total. The number of hydrogen-bond acceptors (Lipinski definition) is 4. The van der Waals surface area contributed by atoms with Crippen molar-refractivity contribution in [1.29, 1.82) is 0 Å². The Morgan fingerprint density at radius 3 is 2.72 bits per heavy atom. The highest BCUT2D eigenvalue weighted by molar-refractivity contribution is 6.30. The summed E-state index contributed by atoms with van der Waals surface area (Å²) in [6.45, 7) is 0.448. The molecular formula is C18H18ClN3O3. The summed E-state index contributed by atoms with van der Waals surface area (Å²) in [7, 11) is 1.59. The Labute approximate surface area is 150 Å². The van der Waals surface area contributed by atoms with Crippen LogP contribution >= 0.6 is 11.6 Å². The van der Waals surface area contributed by atoms with Gasteiger partial charge >= 0.3 is 5.97 Å². The lowest BCUT2D eigenvalue weighted by Gasteiger charge is -2.17. The lowest BCUT2D eigenvalue weighted by Crippen LogP contribution is -2.23. The molecule has 3 aromatic rings. The molecule has 1 aromatic carbocycles. The molecule has 1 atom stereocenters. The molecule has 0 aliphatic rings. The quantitative estimate of drug-likeness (QED) is 0.677. The Balaban J connectivity index is 1.75. The van der Waals surface area contributed by atoms with Crippen molar-refractivity contribution >= 4 is 23.2 Å². The minimum Gasteiger partial charge on any atom is -0.497 e. The van der Waals surface area contributed by atoms with Gasteiger partial charge < -0.3 is 19.6 Å². The Bertz CT molecular complexity index is 877. The van der Waals surface area contributed by atoms with Gasteiger partial charge in [0, 0.05) is 25.0 Å². The maximum atomic E-state index is 11.2. The number of nitrogens with zero attached hydrogens (tertiary/aromatic N) is 2. The molecule has 130 valence electrons. The molecule has 25 heavy (non-hydrogen) atoms. The number of aromatic nitrogens is 2. The first-order chi connectivity index (χ1) is 12.0. The number of carbonyl (C=O) groups is 1. The van der Waals surface area contributed by atoms with E-state index in [2.05, 4.69) is 10.3 Å². The number of ether oxygens (including phenoxy) is 1. The third-order valence-corrected chi connectivity index (χ3v) is 4.11. The zero-order chi connectivity index (χ0) is 17.8. The van der Waals surface area contributed by atoms with E-state index in [9.17, 15) is 9.90 Å². The number of benzene rings is 1. The van der Waals surface area contributed by atoms with Crippen LogP contribution in [0.2, 0.25) is 5.02 Å². The molecule has 0 aliphatic carbocycles. The molecule has 1 unspecified atom stereocenters. The molecule has 0 aliphatic heterocycles. The van der Waals surface area contributed by atoms with Crippen molar-refractivity contribution in [1.82, 2.24) is 14.7 Å². The Kier molecular flexibility index (Phi) is 5.21. The minimum atomic E-state index is -0.866. The number of fused-ring (bicyclic) bond motifs is 1. The maximum absolute atomic E-state index is 11.2. The highest BCUT2D eigenvalue weighted by Crippen LogP contribution is 2.21. The van der Waals surface area contributed by atoms with Crippen molar-refractivity contribution in [3.05, 3.63) is 65.1 Å². The fourth-order valence-corrected chi connectivity index (χ4v) is 2.82. The molecule has 6 nitrogen and oxygen atoms in total. The van der Waals surface area contributed by atoms with E-state index < -0.39 is 5.97 Å². The number of methoxy groups -OCH3 is 1. The van der Waals surface area contributed by atoms with Crippen LogP contribution in [-0.2, 0) is 11.3 Å². The predicted molar refractivity (Wildman–Crippen MR) is 95.0 cm³/mol. The molecule has 3 rings (SSSR count). The van der Waals surface area contributed by atoms with Crippen molar-refractivity contribution in [3.8, 4) is 5.75 Å².